The zero-order chi connectivity index (χ0) is 15.4. The molecule has 21 heavy (non-hydrogen) atoms. The molecular formula is C15H20ClN3O2. The molecule has 0 radical (unpaired) electrons. The van der Waals surface area contributed by atoms with Gasteiger partial charge in [-0.1, -0.05) is 18.5 Å². The molecule has 0 spiro atoms. The SMILES string of the molecule is CC(CCN)CCC(=O)Nc1cc2c(cc1Cl)NC(=O)C2. The molecule has 1 unspecified atom stereocenters. The van der Waals surface area contributed by atoms with Gasteiger partial charge in [-0.05, 0) is 43.0 Å². The standard InChI is InChI=1S/C15H20ClN3O2/c1-9(4-5-17)2-3-14(20)19-13-6-10-7-15(21)18-12(10)8-11(13)16/h6,8-9H,2-5,7,17H2,1H3,(H,18,21)(H,19,20). The van der Waals surface area contributed by atoms with Crippen LogP contribution >= 0.6 is 11.6 Å². The second kappa shape index (κ2) is 6.91. The summed E-state index contributed by atoms with van der Waals surface area (Å²) in [6.07, 6.45) is 2.47. The number of carbonyl (C=O) groups excluding carboxylic acids is 2. The molecule has 1 aliphatic rings. The largest absolute Gasteiger partial charge is 0.330 e. The molecule has 0 aromatic heterocycles. The van der Waals surface area contributed by atoms with Crippen LogP contribution in [0.15, 0.2) is 12.1 Å². The van der Waals surface area contributed by atoms with E-state index < -0.39 is 0 Å². The zero-order valence-electron chi connectivity index (χ0n) is 12.0. The van der Waals surface area contributed by atoms with Crippen molar-refractivity contribution >= 4 is 34.8 Å². The fourth-order valence-corrected chi connectivity index (χ4v) is 2.57. The van der Waals surface area contributed by atoms with Crippen LogP contribution < -0.4 is 16.4 Å². The molecule has 0 fully saturated rings. The zero-order valence-corrected chi connectivity index (χ0v) is 12.8. The van der Waals surface area contributed by atoms with Gasteiger partial charge < -0.3 is 16.4 Å². The number of rotatable bonds is 6. The van der Waals surface area contributed by atoms with Gasteiger partial charge in [0.25, 0.3) is 0 Å². The second-order valence-corrected chi connectivity index (χ2v) is 5.89. The minimum absolute atomic E-state index is 0.0554. The first-order chi connectivity index (χ1) is 9.99. The fraction of sp³-hybridized carbons (Fsp3) is 0.467. The van der Waals surface area contributed by atoms with E-state index in [1.165, 1.54) is 0 Å². The quantitative estimate of drug-likeness (QED) is 0.755. The number of benzene rings is 1. The van der Waals surface area contributed by atoms with Crippen LogP contribution in [0.5, 0.6) is 0 Å². The van der Waals surface area contributed by atoms with Gasteiger partial charge in [0, 0.05) is 12.1 Å². The summed E-state index contributed by atoms with van der Waals surface area (Å²) < 4.78 is 0. The van der Waals surface area contributed by atoms with E-state index >= 15 is 0 Å². The third-order valence-corrected chi connectivity index (χ3v) is 3.93. The van der Waals surface area contributed by atoms with Crippen molar-refractivity contribution < 1.29 is 9.59 Å². The van der Waals surface area contributed by atoms with E-state index in [4.69, 9.17) is 17.3 Å². The van der Waals surface area contributed by atoms with Crippen LogP contribution in [0.4, 0.5) is 11.4 Å². The van der Waals surface area contributed by atoms with Crippen molar-refractivity contribution in [1.82, 2.24) is 0 Å². The number of fused-ring (bicyclic) bond motifs is 1. The molecule has 1 atom stereocenters. The Morgan fingerprint density at radius 1 is 1.48 bits per heavy atom. The molecule has 1 aromatic rings. The van der Waals surface area contributed by atoms with Gasteiger partial charge in [0.1, 0.15) is 0 Å². The number of hydrogen-bond donors (Lipinski definition) is 3. The first-order valence-electron chi connectivity index (χ1n) is 7.11. The van der Waals surface area contributed by atoms with E-state index in [-0.39, 0.29) is 11.8 Å². The van der Waals surface area contributed by atoms with Crippen LogP contribution in [0.2, 0.25) is 5.02 Å². The van der Waals surface area contributed by atoms with Crippen molar-refractivity contribution in [3.63, 3.8) is 0 Å². The highest BCUT2D eigenvalue weighted by molar-refractivity contribution is 6.34. The van der Waals surface area contributed by atoms with E-state index in [2.05, 4.69) is 17.6 Å². The lowest BCUT2D eigenvalue weighted by Gasteiger charge is -2.12. The van der Waals surface area contributed by atoms with E-state index in [0.717, 1.165) is 24.1 Å². The molecular weight excluding hydrogens is 290 g/mol. The monoisotopic (exact) mass is 309 g/mol. The van der Waals surface area contributed by atoms with Gasteiger partial charge in [-0.15, -0.1) is 0 Å². The maximum atomic E-state index is 12.0. The van der Waals surface area contributed by atoms with Gasteiger partial charge in [-0.25, -0.2) is 0 Å². The Labute approximate surface area is 129 Å². The molecule has 1 aliphatic heterocycles. The third kappa shape index (κ3) is 4.19. The molecule has 2 amide bonds. The van der Waals surface area contributed by atoms with Gasteiger partial charge in [0.15, 0.2) is 0 Å². The van der Waals surface area contributed by atoms with Crippen molar-refractivity contribution in [2.75, 3.05) is 17.2 Å². The lowest BCUT2D eigenvalue weighted by molar-refractivity contribution is -0.116. The average molecular weight is 310 g/mol. The lowest BCUT2D eigenvalue weighted by Crippen LogP contribution is -2.14. The highest BCUT2D eigenvalue weighted by Gasteiger charge is 2.20. The third-order valence-electron chi connectivity index (χ3n) is 3.62. The summed E-state index contributed by atoms with van der Waals surface area (Å²) in [5.41, 5.74) is 7.63. The lowest BCUT2D eigenvalue weighted by atomic mass is 10.0. The van der Waals surface area contributed by atoms with E-state index in [0.29, 0.717) is 36.0 Å². The Bertz CT molecular complexity index is 560. The maximum absolute atomic E-state index is 12.0. The predicted octanol–water partition coefficient (Wildman–Crippen LogP) is 2.54. The van der Waals surface area contributed by atoms with E-state index in [9.17, 15) is 9.59 Å². The van der Waals surface area contributed by atoms with Crippen LogP contribution in [0, 0.1) is 5.92 Å². The molecule has 1 heterocycles. The summed E-state index contributed by atoms with van der Waals surface area (Å²) in [5, 5.41) is 5.97. The Kier molecular flexibility index (Phi) is 5.20. The van der Waals surface area contributed by atoms with Crippen molar-refractivity contribution in [2.45, 2.75) is 32.6 Å². The van der Waals surface area contributed by atoms with Crippen LogP contribution in [0.3, 0.4) is 0 Å². The second-order valence-electron chi connectivity index (χ2n) is 5.48. The number of halogens is 1. The topological polar surface area (TPSA) is 84.2 Å². The minimum Gasteiger partial charge on any atom is -0.330 e. The van der Waals surface area contributed by atoms with Crippen molar-refractivity contribution in [3.05, 3.63) is 22.7 Å². The summed E-state index contributed by atoms with van der Waals surface area (Å²) in [4.78, 5) is 23.3. The molecule has 114 valence electrons. The average Bonchev–Trinajstić information content (AvgIpc) is 2.76. The van der Waals surface area contributed by atoms with Gasteiger partial charge in [0.2, 0.25) is 11.8 Å². The number of nitrogens with one attached hydrogen (secondary N) is 2. The van der Waals surface area contributed by atoms with Gasteiger partial charge >= 0.3 is 0 Å². The van der Waals surface area contributed by atoms with Gasteiger partial charge in [-0.3, -0.25) is 9.59 Å². The molecule has 0 saturated carbocycles. The predicted molar refractivity (Wildman–Crippen MR) is 84.5 cm³/mol. The number of amides is 2. The maximum Gasteiger partial charge on any atom is 0.228 e. The minimum atomic E-state index is -0.0713. The fourth-order valence-electron chi connectivity index (χ4n) is 2.36. The van der Waals surface area contributed by atoms with Crippen LogP contribution in [-0.2, 0) is 16.0 Å². The van der Waals surface area contributed by atoms with Gasteiger partial charge in [-0.2, -0.15) is 0 Å². The number of carbonyl (C=O) groups is 2. The summed E-state index contributed by atoms with van der Waals surface area (Å²) in [7, 11) is 0. The van der Waals surface area contributed by atoms with Crippen molar-refractivity contribution in [2.24, 2.45) is 11.7 Å². The van der Waals surface area contributed by atoms with Crippen molar-refractivity contribution in [3.8, 4) is 0 Å². The highest BCUT2D eigenvalue weighted by atomic mass is 35.5. The molecule has 4 N–H and O–H groups in total. The summed E-state index contributed by atoms with van der Waals surface area (Å²) in [6, 6.07) is 3.44. The number of hydrogen-bond acceptors (Lipinski definition) is 3. The molecule has 0 saturated heterocycles. The summed E-state index contributed by atoms with van der Waals surface area (Å²) in [6.45, 7) is 2.72. The Morgan fingerprint density at radius 3 is 2.95 bits per heavy atom. The Balaban J connectivity index is 1.95. The first kappa shape index (κ1) is 15.8. The summed E-state index contributed by atoms with van der Waals surface area (Å²) in [5.74, 6) is 0.302. The Hall–Kier alpha value is -1.59. The van der Waals surface area contributed by atoms with Gasteiger partial charge in [0.05, 0.1) is 17.1 Å². The number of nitrogens with two attached hydrogens (primary N) is 1. The van der Waals surface area contributed by atoms with E-state index in [1.807, 2.05) is 0 Å². The molecule has 6 heteroatoms. The number of anilines is 2. The van der Waals surface area contributed by atoms with Crippen molar-refractivity contribution in [1.29, 1.82) is 0 Å². The van der Waals surface area contributed by atoms with Crippen LogP contribution in [0.1, 0.15) is 31.7 Å². The molecule has 5 nitrogen and oxygen atoms in total. The normalized spacial score (nSPS) is 14.5. The Morgan fingerprint density at radius 2 is 2.24 bits per heavy atom. The molecule has 0 bridgehead atoms. The molecule has 0 aliphatic carbocycles. The van der Waals surface area contributed by atoms with Crippen LogP contribution in [-0.4, -0.2) is 18.4 Å². The molecule has 2 rings (SSSR count). The highest BCUT2D eigenvalue weighted by Crippen LogP contribution is 2.32. The molecule has 1 aromatic carbocycles. The van der Waals surface area contributed by atoms with E-state index in [1.54, 1.807) is 12.1 Å². The smallest absolute Gasteiger partial charge is 0.228 e. The van der Waals surface area contributed by atoms with Crippen LogP contribution in [0.25, 0.3) is 0 Å². The first-order valence-corrected chi connectivity index (χ1v) is 7.49. The summed E-state index contributed by atoms with van der Waals surface area (Å²) >= 11 is 6.13.